The van der Waals surface area contributed by atoms with Crippen molar-refractivity contribution in [1.82, 2.24) is 5.32 Å². The Morgan fingerprint density at radius 2 is 2.20 bits per heavy atom. The van der Waals surface area contributed by atoms with E-state index in [4.69, 9.17) is 16.7 Å². The van der Waals surface area contributed by atoms with Crippen LogP contribution in [-0.2, 0) is 0 Å². The Kier molecular flexibility index (Phi) is 4.59. The van der Waals surface area contributed by atoms with Crippen molar-refractivity contribution in [3.8, 4) is 0 Å². The summed E-state index contributed by atoms with van der Waals surface area (Å²) in [6.45, 7) is 1.83. The van der Waals surface area contributed by atoms with E-state index < -0.39 is 0 Å². The Morgan fingerprint density at radius 3 is 2.73 bits per heavy atom. The van der Waals surface area contributed by atoms with Gasteiger partial charge in [-0.1, -0.05) is 30.7 Å². The Labute approximate surface area is 94.1 Å². The van der Waals surface area contributed by atoms with Crippen LogP contribution >= 0.6 is 11.6 Å². The van der Waals surface area contributed by atoms with E-state index >= 15 is 0 Å². The van der Waals surface area contributed by atoms with Gasteiger partial charge in [0, 0.05) is 0 Å². The van der Waals surface area contributed by atoms with E-state index in [0.717, 1.165) is 0 Å². The molecule has 2 N–H and O–H groups in total. The first-order valence-corrected chi connectivity index (χ1v) is 5.23. The van der Waals surface area contributed by atoms with Crippen molar-refractivity contribution in [3.63, 3.8) is 0 Å². The molecule has 0 bridgehead atoms. The van der Waals surface area contributed by atoms with E-state index in [1.807, 2.05) is 6.92 Å². The fourth-order valence-electron chi connectivity index (χ4n) is 1.19. The topological polar surface area (TPSA) is 49.3 Å². The lowest BCUT2D eigenvalue weighted by molar-refractivity contribution is 0.0915. The lowest BCUT2D eigenvalue weighted by atomic mass is 10.2. The van der Waals surface area contributed by atoms with Crippen molar-refractivity contribution in [2.75, 3.05) is 6.61 Å². The molecule has 1 atom stereocenters. The summed E-state index contributed by atoms with van der Waals surface area (Å²) < 4.78 is 0. The highest BCUT2D eigenvalue weighted by molar-refractivity contribution is 6.33. The van der Waals surface area contributed by atoms with Crippen LogP contribution in [0.2, 0.25) is 5.02 Å². The number of halogens is 1. The van der Waals surface area contributed by atoms with Crippen molar-refractivity contribution in [2.45, 2.75) is 19.4 Å². The number of aliphatic hydroxyl groups excluding tert-OH is 1. The molecule has 0 heterocycles. The molecule has 82 valence electrons. The zero-order valence-electron chi connectivity index (χ0n) is 8.53. The normalized spacial score (nSPS) is 12.2. The van der Waals surface area contributed by atoms with E-state index in [-0.39, 0.29) is 18.6 Å². The van der Waals surface area contributed by atoms with Crippen LogP contribution in [0.1, 0.15) is 23.7 Å². The first-order valence-electron chi connectivity index (χ1n) is 4.85. The number of carbonyl (C=O) groups is 1. The van der Waals surface area contributed by atoms with Crippen LogP contribution in [0, 0.1) is 0 Å². The lowest BCUT2D eigenvalue weighted by Crippen LogP contribution is -2.37. The van der Waals surface area contributed by atoms with Gasteiger partial charge >= 0.3 is 0 Å². The van der Waals surface area contributed by atoms with Gasteiger partial charge in [0.05, 0.1) is 23.2 Å². The third-order valence-corrected chi connectivity index (χ3v) is 2.50. The number of aliphatic hydroxyl groups is 1. The third-order valence-electron chi connectivity index (χ3n) is 2.17. The monoisotopic (exact) mass is 227 g/mol. The number of carbonyl (C=O) groups excluding carboxylic acids is 1. The maximum Gasteiger partial charge on any atom is 0.253 e. The molecular formula is C11H14ClNO2. The van der Waals surface area contributed by atoms with Crippen LogP contribution in [-0.4, -0.2) is 23.7 Å². The molecule has 0 aliphatic rings. The fraction of sp³-hybridized carbons (Fsp3) is 0.364. The van der Waals surface area contributed by atoms with Gasteiger partial charge in [0.2, 0.25) is 0 Å². The summed E-state index contributed by atoms with van der Waals surface area (Å²) in [5, 5.41) is 12.1. The molecule has 1 rings (SSSR count). The molecule has 0 radical (unpaired) electrons. The fourth-order valence-corrected chi connectivity index (χ4v) is 1.41. The van der Waals surface area contributed by atoms with Gasteiger partial charge in [-0.05, 0) is 18.6 Å². The van der Waals surface area contributed by atoms with Crippen LogP contribution in [0.15, 0.2) is 24.3 Å². The molecule has 15 heavy (non-hydrogen) atoms. The van der Waals surface area contributed by atoms with Gasteiger partial charge in [0.1, 0.15) is 0 Å². The molecule has 0 fully saturated rings. The van der Waals surface area contributed by atoms with Crippen molar-refractivity contribution in [3.05, 3.63) is 34.9 Å². The smallest absolute Gasteiger partial charge is 0.253 e. The van der Waals surface area contributed by atoms with Gasteiger partial charge < -0.3 is 10.4 Å². The van der Waals surface area contributed by atoms with Gasteiger partial charge in [-0.15, -0.1) is 0 Å². The number of hydrogen-bond donors (Lipinski definition) is 2. The summed E-state index contributed by atoms with van der Waals surface area (Å²) in [5.41, 5.74) is 0.436. The third kappa shape index (κ3) is 3.22. The minimum absolute atomic E-state index is 0.0628. The second-order valence-electron chi connectivity index (χ2n) is 3.24. The van der Waals surface area contributed by atoms with Crippen molar-refractivity contribution >= 4 is 17.5 Å². The number of amides is 1. The predicted molar refractivity (Wildman–Crippen MR) is 60.1 cm³/mol. The molecule has 1 amide bonds. The summed E-state index contributed by atoms with van der Waals surface area (Å²) in [5.74, 6) is -0.249. The molecular weight excluding hydrogens is 214 g/mol. The number of hydrogen-bond acceptors (Lipinski definition) is 2. The molecule has 3 nitrogen and oxygen atoms in total. The van der Waals surface area contributed by atoms with Crippen molar-refractivity contribution < 1.29 is 9.90 Å². The zero-order chi connectivity index (χ0) is 11.3. The Balaban J connectivity index is 2.73. The van der Waals surface area contributed by atoms with Crippen LogP contribution in [0.25, 0.3) is 0 Å². The highest BCUT2D eigenvalue weighted by Gasteiger charge is 2.13. The van der Waals surface area contributed by atoms with Crippen LogP contribution in [0.5, 0.6) is 0 Å². The highest BCUT2D eigenvalue weighted by Crippen LogP contribution is 2.14. The first kappa shape index (κ1) is 12.0. The van der Waals surface area contributed by atoms with E-state index in [1.165, 1.54) is 0 Å². The predicted octanol–water partition coefficient (Wildman–Crippen LogP) is 1.84. The average Bonchev–Trinajstić information content (AvgIpc) is 2.26. The summed E-state index contributed by atoms with van der Waals surface area (Å²) in [4.78, 5) is 11.7. The molecule has 0 aliphatic carbocycles. The first-order chi connectivity index (χ1) is 7.19. The second kappa shape index (κ2) is 5.73. The summed E-state index contributed by atoms with van der Waals surface area (Å²) in [6, 6.07) is 6.62. The van der Waals surface area contributed by atoms with Crippen molar-refractivity contribution in [2.24, 2.45) is 0 Å². The van der Waals surface area contributed by atoms with E-state index in [2.05, 4.69) is 5.32 Å². The Hall–Kier alpha value is -1.06. The summed E-state index contributed by atoms with van der Waals surface area (Å²) in [7, 11) is 0. The van der Waals surface area contributed by atoms with Gasteiger partial charge in [-0.25, -0.2) is 0 Å². The quantitative estimate of drug-likeness (QED) is 0.825. The number of rotatable bonds is 4. The molecule has 1 aromatic carbocycles. The van der Waals surface area contributed by atoms with E-state index in [9.17, 15) is 4.79 Å². The average molecular weight is 228 g/mol. The molecule has 0 aliphatic heterocycles. The lowest BCUT2D eigenvalue weighted by Gasteiger charge is -2.14. The summed E-state index contributed by atoms with van der Waals surface area (Å²) in [6.07, 6.45) is 0.687. The largest absolute Gasteiger partial charge is 0.394 e. The second-order valence-corrected chi connectivity index (χ2v) is 3.65. The van der Waals surface area contributed by atoms with E-state index in [0.29, 0.717) is 17.0 Å². The maximum atomic E-state index is 11.7. The Bertz CT molecular complexity index is 337. The van der Waals surface area contributed by atoms with Crippen LogP contribution in [0.4, 0.5) is 0 Å². The van der Waals surface area contributed by atoms with Crippen LogP contribution in [0.3, 0.4) is 0 Å². The van der Waals surface area contributed by atoms with Gasteiger partial charge in [0.15, 0.2) is 0 Å². The van der Waals surface area contributed by atoms with Gasteiger partial charge in [-0.3, -0.25) is 4.79 Å². The summed E-state index contributed by atoms with van der Waals surface area (Å²) >= 11 is 5.87. The molecule has 0 saturated carbocycles. The molecule has 0 saturated heterocycles. The number of nitrogens with one attached hydrogen (secondary N) is 1. The zero-order valence-corrected chi connectivity index (χ0v) is 9.29. The minimum atomic E-state index is -0.249. The highest BCUT2D eigenvalue weighted by atomic mass is 35.5. The molecule has 0 unspecified atom stereocenters. The van der Waals surface area contributed by atoms with Crippen molar-refractivity contribution in [1.29, 1.82) is 0 Å². The molecule has 1 aromatic rings. The molecule has 4 heteroatoms. The Morgan fingerprint density at radius 1 is 1.53 bits per heavy atom. The van der Waals surface area contributed by atoms with Crippen LogP contribution < -0.4 is 5.32 Å². The number of benzene rings is 1. The maximum absolute atomic E-state index is 11.7. The van der Waals surface area contributed by atoms with Gasteiger partial charge in [0.25, 0.3) is 5.91 Å². The molecule has 0 aromatic heterocycles. The minimum Gasteiger partial charge on any atom is -0.394 e. The van der Waals surface area contributed by atoms with Gasteiger partial charge in [-0.2, -0.15) is 0 Å². The SMILES string of the molecule is CC[C@H](CO)NC(=O)c1ccccc1Cl. The van der Waals surface area contributed by atoms with E-state index in [1.54, 1.807) is 24.3 Å². The molecule has 0 spiro atoms. The standard InChI is InChI=1S/C11H14ClNO2/c1-2-8(7-14)13-11(15)9-5-3-4-6-10(9)12/h3-6,8,14H,2,7H2,1H3,(H,13,15)/t8-/m1/s1.